The molecule has 1 aromatic carbocycles. The van der Waals surface area contributed by atoms with Crippen LogP contribution in [0.2, 0.25) is 0 Å². The first-order valence-corrected chi connectivity index (χ1v) is 6.77. The van der Waals surface area contributed by atoms with Crippen molar-refractivity contribution >= 4 is 34.2 Å². The number of pyridine rings is 1. The fourth-order valence-corrected chi connectivity index (χ4v) is 2.11. The highest BCUT2D eigenvalue weighted by atomic mass is 127. The maximum atomic E-state index is 12.0. The van der Waals surface area contributed by atoms with E-state index in [-0.39, 0.29) is 5.91 Å². The molecule has 1 N–H and O–H groups in total. The average molecular weight is 365 g/mol. The monoisotopic (exact) mass is 365 g/mol. The smallest absolute Gasteiger partial charge is 0.267 e. The molecule has 2 aromatic rings. The van der Waals surface area contributed by atoms with E-state index in [0.717, 1.165) is 9.26 Å². The molecule has 0 aliphatic rings. The zero-order valence-corrected chi connectivity index (χ0v) is 12.5. The van der Waals surface area contributed by atoms with Crippen LogP contribution in [0, 0.1) is 3.57 Å². The molecule has 0 bridgehead atoms. The fraction of sp³-hybridized carbons (Fsp3) is 0.0714. The molecule has 0 saturated carbocycles. The van der Waals surface area contributed by atoms with Crippen LogP contribution in [0.4, 0.5) is 0 Å². The number of carbonyl (C=O) groups is 1. The molecule has 0 saturated heterocycles. The summed E-state index contributed by atoms with van der Waals surface area (Å²) in [4.78, 5) is 16.1. The predicted octanol–water partition coefficient (Wildman–Crippen LogP) is 2.84. The summed E-state index contributed by atoms with van der Waals surface area (Å²) < 4.78 is 0.892. The second-order valence-corrected chi connectivity index (χ2v) is 5.00. The number of hydrazone groups is 1. The largest absolute Gasteiger partial charge is 0.272 e. The summed E-state index contributed by atoms with van der Waals surface area (Å²) in [5.74, 6) is -0.222. The molecule has 19 heavy (non-hydrogen) atoms. The zero-order valence-electron chi connectivity index (χ0n) is 10.3. The normalized spacial score (nSPS) is 11.2. The third-order valence-electron chi connectivity index (χ3n) is 2.48. The van der Waals surface area contributed by atoms with Crippen molar-refractivity contribution in [3.05, 3.63) is 63.5 Å². The van der Waals surface area contributed by atoms with Gasteiger partial charge in [0.05, 0.1) is 17.0 Å². The number of hydrogen-bond acceptors (Lipinski definition) is 3. The third-order valence-corrected chi connectivity index (χ3v) is 3.42. The first-order valence-electron chi connectivity index (χ1n) is 5.69. The van der Waals surface area contributed by atoms with E-state index in [1.54, 1.807) is 19.2 Å². The van der Waals surface area contributed by atoms with Gasteiger partial charge in [-0.3, -0.25) is 9.78 Å². The quantitative estimate of drug-likeness (QED) is 0.517. The van der Waals surface area contributed by atoms with Crippen LogP contribution >= 0.6 is 22.6 Å². The van der Waals surface area contributed by atoms with E-state index in [4.69, 9.17) is 0 Å². The SMILES string of the molecule is C/C(=N\NC(=O)c1ccccc1I)c1ccccn1. The first kappa shape index (κ1) is 13.7. The minimum absolute atomic E-state index is 0.222. The Morgan fingerprint density at radius 3 is 2.63 bits per heavy atom. The van der Waals surface area contributed by atoms with E-state index in [9.17, 15) is 4.79 Å². The van der Waals surface area contributed by atoms with Crippen molar-refractivity contribution in [3.63, 3.8) is 0 Å². The lowest BCUT2D eigenvalue weighted by molar-refractivity contribution is 0.0954. The van der Waals surface area contributed by atoms with Crippen LogP contribution in [0.25, 0.3) is 0 Å². The summed E-state index contributed by atoms with van der Waals surface area (Å²) in [5.41, 5.74) is 4.56. The van der Waals surface area contributed by atoms with Crippen LogP contribution in [-0.4, -0.2) is 16.6 Å². The Morgan fingerprint density at radius 1 is 1.21 bits per heavy atom. The standard InChI is InChI=1S/C14H12IN3O/c1-10(13-8-4-5-9-16-13)17-18-14(19)11-6-2-3-7-12(11)15/h2-9H,1H3,(H,18,19)/b17-10+. The van der Waals surface area contributed by atoms with Gasteiger partial charge in [0.15, 0.2) is 0 Å². The van der Waals surface area contributed by atoms with E-state index in [2.05, 4.69) is 38.1 Å². The number of benzene rings is 1. The molecule has 0 aliphatic carbocycles. The van der Waals surface area contributed by atoms with Crippen LogP contribution in [0.5, 0.6) is 0 Å². The molecule has 0 fully saturated rings. The molecule has 4 nitrogen and oxygen atoms in total. The van der Waals surface area contributed by atoms with Gasteiger partial charge in [-0.25, -0.2) is 5.43 Å². The van der Waals surface area contributed by atoms with Crippen LogP contribution in [-0.2, 0) is 0 Å². The number of rotatable bonds is 3. The average Bonchev–Trinajstić information content (AvgIpc) is 2.46. The van der Waals surface area contributed by atoms with Gasteiger partial charge in [0.1, 0.15) is 0 Å². The van der Waals surface area contributed by atoms with Crippen molar-refractivity contribution in [1.82, 2.24) is 10.4 Å². The minimum atomic E-state index is -0.222. The van der Waals surface area contributed by atoms with Gasteiger partial charge in [-0.2, -0.15) is 5.10 Å². The van der Waals surface area contributed by atoms with E-state index in [0.29, 0.717) is 11.3 Å². The molecule has 0 aliphatic heterocycles. The van der Waals surface area contributed by atoms with Gasteiger partial charge in [-0.15, -0.1) is 0 Å². The lowest BCUT2D eigenvalue weighted by atomic mass is 10.2. The van der Waals surface area contributed by atoms with Crippen LogP contribution in [0.3, 0.4) is 0 Å². The van der Waals surface area contributed by atoms with Gasteiger partial charge in [0.2, 0.25) is 0 Å². The van der Waals surface area contributed by atoms with E-state index in [1.807, 2.05) is 36.4 Å². The number of aromatic nitrogens is 1. The number of halogens is 1. The summed E-state index contributed by atoms with van der Waals surface area (Å²) in [6.45, 7) is 1.80. The van der Waals surface area contributed by atoms with Crippen LogP contribution in [0.1, 0.15) is 23.0 Å². The molecule has 96 valence electrons. The van der Waals surface area contributed by atoms with Crippen LogP contribution < -0.4 is 5.43 Å². The Kier molecular flexibility index (Phi) is 4.62. The lowest BCUT2D eigenvalue weighted by Crippen LogP contribution is -2.20. The highest BCUT2D eigenvalue weighted by molar-refractivity contribution is 14.1. The van der Waals surface area contributed by atoms with Crippen molar-refractivity contribution in [2.45, 2.75) is 6.92 Å². The second kappa shape index (κ2) is 6.42. The Hall–Kier alpha value is -1.76. The number of nitrogens with zero attached hydrogens (tertiary/aromatic N) is 2. The maximum absolute atomic E-state index is 12.0. The Bertz CT molecular complexity index is 611. The fourth-order valence-electron chi connectivity index (χ4n) is 1.47. The van der Waals surface area contributed by atoms with Crippen molar-refractivity contribution < 1.29 is 4.79 Å². The topological polar surface area (TPSA) is 54.4 Å². The number of carbonyl (C=O) groups excluding carboxylic acids is 1. The summed E-state index contributed by atoms with van der Waals surface area (Å²) in [6, 6.07) is 12.9. The molecular weight excluding hydrogens is 353 g/mol. The van der Waals surface area contributed by atoms with Crippen LogP contribution in [0.15, 0.2) is 53.8 Å². The third kappa shape index (κ3) is 3.60. The van der Waals surface area contributed by atoms with Crippen molar-refractivity contribution in [2.75, 3.05) is 0 Å². The van der Waals surface area contributed by atoms with Crippen molar-refractivity contribution in [3.8, 4) is 0 Å². The minimum Gasteiger partial charge on any atom is -0.267 e. The summed E-state index contributed by atoms with van der Waals surface area (Å²) in [7, 11) is 0. The van der Waals surface area contributed by atoms with Gasteiger partial charge in [0, 0.05) is 9.77 Å². The molecule has 1 heterocycles. The Balaban J connectivity index is 2.11. The summed E-state index contributed by atoms with van der Waals surface area (Å²) >= 11 is 2.12. The number of amides is 1. The molecule has 0 spiro atoms. The van der Waals surface area contributed by atoms with Gasteiger partial charge in [-0.05, 0) is 53.8 Å². The molecule has 0 radical (unpaired) electrons. The van der Waals surface area contributed by atoms with E-state index in [1.165, 1.54) is 0 Å². The second-order valence-electron chi connectivity index (χ2n) is 3.83. The van der Waals surface area contributed by atoms with E-state index >= 15 is 0 Å². The summed E-state index contributed by atoms with van der Waals surface area (Å²) in [5, 5.41) is 4.06. The number of nitrogens with one attached hydrogen (secondary N) is 1. The molecule has 1 aromatic heterocycles. The Labute approximate surface area is 125 Å². The number of hydrogen-bond donors (Lipinski definition) is 1. The highest BCUT2D eigenvalue weighted by Gasteiger charge is 2.08. The molecule has 5 heteroatoms. The maximum Gasteiger partial charge on any atom is 0.272 e. The van der Waals surface area contributed by atoms with Gasteiger partial charge < -0.3 is 0 Å². The van der Waals surface area contributed by atoms with Crippen molar-refractivity contribution in [2.24, 2.45) is 5.10 Å². The summed E-state index contributed by atoms with van der Waals surface area (Å²) in [6.07, 6.45) is 1.69. The van der Waals surface area contributed by atoms with Crippen molar-refractivity contribution in [1.29, 1.82) is 0 Å². The Morgan fingerprint density at radius 2 is 1.95 bits per heavy atom. The van der Waals surface area contributed by atoms with Gasteiger partial charge in [-0.1, -0.05) is 18.2 Å². The van der Waals surface area contributed by atoms with E-state index < -0.39 is 0 Å². The zero-order chi connectivity index (χ0) is 13.7. The lowest BCUT2D eigenvalue weighted by Gasteiger charge is -2.04. The van der Waals surface area contributed by atoms with Gasteiger partial charge >= 0.3 is 0 Å². The highest BCUT2D eigenvalue weighted by Crippen LogP contribution is 2.11. The molecular formula is C14H12IN3O. The molecule has 2 rings (SSSR count). The molecule has 1 amide bonds. The molecule has 0 unspecified atom stereocenters. The predicted molar refractivity (Wildman–Crippen MR) is 83.1 cm³/mol. The molecule has 0 atom stereocenters. The van der Waals surface area contributed by atoms with Gasteiger partial charge in [0.25, 0.3) is 5.91 Å². The first-order chi connectivity index (χ1) is 9.18.